The van der Waals surface area contributed by atoms with Crippen LogP contribution in [-0.4, -0.2) is 46.5 Å². The number of benzene rings is 1. The Morgan fingerprint density at radius 2 is 2.14 bits per heavy atom. The van der Waals surface area contributed by atoms with Crippen LogP contribution in [0.25, 0.3) is 10.8 Å². The molecule has 3 rings (SSSR count). The SMILES string of the molecule is CC(C)(C)OC(=O)N1CC[C@H](Nc2nc(C(=N)NN)cc3ccc(Cl)cc23)C1. The van der Waals surface area contributed by atoms with Crippen molar-refractivity contribution in [3.05, 3.63) is 35.0 Å². The fourth-order valence-corrected chi connectivity index (χ4v) is 3.27. The van der Waals surface area contributed by atoms with Crippen LogP contribution in [0, 0.1) is 5.41 Å². The highest BCUT2D eigenvalue weighted by Gasteiger charge is 2.30. The molecule has 9 heteroatoms. The number of likely N-dealkylation sites (tertiary alicyclic amines) is 1. The van der Waals surface area contributed by atoms with Crippen LogP contribution in [0.4, 0.5) is 10.6 Å². The Kier molecular flexibility index (Phi) is 5.62. The summed E-state index contributed by atoms with van der Waals surface area (Å²) in [7, 11) is 0. The van der Waals surface area contributed by atoms with Gasteiger partial charge in [0.1, 0.15) is 17.1 Å². The second-order valence-corrected chi connectivity index (χ2v) is 8.23. The van der Waals surface area contributed by atoms with Gasteiger partial charge in [0.2, 0.25) is 0 Å². The summed E-state index contributed by atoms with van der Waals surface area (Å²) in [6.07, 6.45) is 0.445. The predicted octanol–water partition coefficient (Wildman–Crippen LogP) is 3.10. The van der Waals surface area contributed by atoms with Crippen molar-refractivity contribution in [3.8, 4) is 0 Å². The van der Waals surface area contributed by atoms with Crippen LogP contribution in [0.1, 0.15) is 32.9 Å². The summed E-state index contributed by atoms with van der Waals surface area (Å²) < 4.78 is 5.45. The quantitative estimate of drug-likeness (QED) is 0.270. The molecule has 0 bridgehead atoms. The summed E-state index contributed by atoms with van der Waals surface area (Å²) >= 11 is 6.16. The van der Waals surface area contributed by atoms with Gasteiger partial charge in [-0.05, 0) is 50.8 Å². The highest BCUT2D eigenvalue weighted by Crippen LogP contribution is 2.28. The topological polar surface area (TPSA) is 116 Å². The van der Waals surface area contributed by atoms with Crippen LogP contribution in [0.3, 0.4) is 0 Å². The molecule has 5 N–H and O–H groups in total. The van der Waals surface area contributed by atoms with Gasteiger partial charge in [-0.1, -0.05) is 17.7 Å². The van der Waals surface area contributed by atoms with Crippen molar-refractivity contribution in [2.75, 3.05) is 18.4 Å². The summed E-state index contributed by atoms with van der Waals surface area (Å²) in [6.45, 7) is 6.66. The van der Waals surface area contributed by atoms with Crippen molar-refractivity contribution in [3.63, 3.8) is 0 Å². The minimum Gasteiger partial charge on any atom is -0.444 e. The first kappa shape index (κ1) is 20.2. The number of aromatic nitrogens is 1. The number of nitrogens with zero attached hydrogens (tertiary/aromatic N) is 2. The van der Waals surface area contributed by atoms with Gasteiger partial charge in [0.15, 0.2) is 5.84 Å². The number of nitrogens with two attached hydrogens (primary N) is 1. The number of anilines is 1. The fraction of sp³-hybridized carbons (Fsp3) is 0.421. The van der Waals surface area contributed by atoms with Gasteiger partial charge < -0.3 is 20.4 Å². The predicted molar refractivity (Wildman–Crippen MR) is 111 cm³/mol. The van der Waals surface area contributed by atoms with Gasteiger partial charge in [0.05, 0.1) is 0 Å². The summed E-state index contributed by atoms with van der Waals surface area (Å²) in [5, 5.41) is 13.6. The molecule has 2 aromatic rings. The largest absolute Gasteiger partial charge is 0.444 e. The van der Waals surface area contributed by atoms with Crippen molar-refractivity contribution < 1.29 is 9.53 Å². The van der Waals surface area contributed by atoms with E-state index in [9.17, 15) is 4.79 Å². The molecule has 1 aliphatic rings. The van der Waals surface area contributed by atoms with Gasteiger partial charge in [0, 0.05) is 29.5 Å². The van der Waals surface area contributed by atoms with Crippen LogP contribution >= 0.6 is 11.6 Å². The molecule has 0 radical (unpaired) electrons. The Hall–Kier alpha value is -2.58. The first-order valence-electron chi connectivity index (χ1n) is 9.06. The highest BCUT2D eigenvalue weighted by atomic mass is 35.5. The van der Waals surface area contributed by atoms with E-state index in [4.69, 9.17) is 27.6 Å². The van der Waals surface area contributed by atoms with Crippen molar-refractivity contribution in [2.24, 2.45) is 5.84 Å². The first-order valence-corrected chi connectivity index (χ1v) is 9.44. The van der Waals surface area contributed by atoms with Crippen LogP contribution in [0.2, 0.25) is 5.02 Å². The molecule has 1 aliphatic heterocycles. The lowest BCUT2D eigenvalue weighted by molar-refractivity contribution is 0.0293. The van der Waals surface area contributed by atoms with Gasteiger partial charge in [-0.3, -0.25) is 5.41 Å². The van der Waals surface area contributed by atoms with Crippen molar-refractivity contribution >= 4 is 40.1 Å². The van der Waals surface area contributed by atoms with E-state index in [1.165, 1.54) is 0 Å². The molecular weight excluding hydrogens is 380 g/mol. The molecule has 0 saturated carbocycles. The lowest BCUT2D eigenvalue weighted by atomic mass is 10.1. The number of hydrogen-bond acceptors (Lipinski definition) is 6. The van der Waals surface area contributed by atoms with E-state index < -0.39 is 5.60 Å². The number of carbonyl (C=O) groups excluding carboxylic acids is 1. The lowest BCUT2D eigenvalue weighted by Gasteiger charge is -2.24. The molecule has 2 heterocycles. The molecule has 0 spiro atoms. The number of amides is 1. The zero-order chi connectivity index (χ0) is 20.5. The van der Waals surface area contributed by atoms with Crippen molar-refractivity contribution in [1.29, 1.82) is 5.41 Å². The maximum Gasteiger partial charge on any atom is 0.410 e. The number of halogens is 1. The zero-order valence-electron chi connectivity index (χ0n) is 16.2. The number of amidine groups is 1. The summed E-state index contributed by atoms with van der Waals surface area (Å²) in [5.41, 5.74) is 2.21. The Labute approximate surface area is 168 Å². The van der Waals surface area contributed by atoms with Crippen LogP contribution < -0.4 is 16.6 Å². The molecule has 0 unspecified atom stereocenters. The number of nitrogens with one attached hydrogen (secondary N) is 3. The minimum absolute atomic E-state index is 0.0115. The molecule has 1 atom stereocenters. The molecule has 0 aliphatic carbocycles. The van der Waals surface area contributed by atoms with E-state index in [1.54, 1.807) is 17.0 Å². The molecule has 1 amide bonds. The number of hydrazine groups is 1. The Bertz CT molecular complexity index is 911. The number of hydrogen-bond donors (Lipinski definition) is 4. The molecule has 8 nitrogen and oxygen atoms in total. The summed E-state index contributed by atoms with van der Waals surface area (Å²) in [4.78, 5) is 18.5. The average molecular weight is 405 g/mol. The third kappa shape index (κ3) is 4.63. The van der Waals surface area contributed by atoms with Crippen molar-refractivity contribution in [2.45, 2.75) is 38.8 Å². The lowest BCUT2D eigenvalue weighted by Crippen LogP contribution is -2.36. The van der Waals surface area contributed by atoms with E-state index >= 15 is 0 Å². The molecule has 150 valence electrons. The highest BCUT2D eigenvalue weighted by molar-refractivity contribution is 6.31. The van der Waals surface area contributed by atoms with Gasteiger partial charge in [-0.15, -0.1) is 0 Å². The molecule has 1 saturated heterocycles. The second kappa shape index (κ2) is 7.81. The van der Waals surface area contributed by atoms with Gasteiger partial charge in [-0.2, -0.15) is 0 Å². The van der Waals surface area contributed by atoms with Gasteiger partial charge in [-0.25, -0.2) is 15.6 Å². The maximum absolute atomic E-state index is 12.3. The average Bonchev–Trinajstić information content (AvgIpc) is 3.08. The molecule has 28 heavy (non-hydrogen) atoms. The van der Waals surface area contributed by atoms with Crippen LogP contribution in [0.15, 0.2) is 24.3 Å². The number of pyridine rings is 1. The normalized spacial score (nSPS) is 16.9. The van der Waals surface area contributed by atoms with E-state index in [1.807, 2.05) is 32.9 Å². The minimum atomic E-state index is -0.527. The van der Waals surface area contributed by atoms with E-state index in [-0.39, 0.29) is 18.0 Å². The first-order chi connectivity index (χ1) is 13.2. The molecule has 1 fully saturated rings. The number of fused-ring (bicyclic) bond motifs is 1. The van der Waals surface area contributed by atoms with Crippen LogP contribution in [-0.2, 0) is 4.74 Å². The van der Waals surface area contributed by atoms with Crippen LogP contribution in [0.5, 0.6) is 0 Å². The van der Waals surface area contributed by atoms with Crippen molar-refractivity contribution in [1.82, 2.24) is 15.3 Å². The maximum atomic E-state index is 12.3. The zero-order valence-corrected chi connectivity index (χ0v) is 16.9. The number of rotatable bonds is 3. The Morgan fingerprint density at radius 3 is 2.82 bits per heavy atom. The Morgan fingerprint density at radius 1 is 1.39 bits per heavy atom. The fourth-order valence-electron chi connectivity index (χ4n) is 3.10. The third-order valence-corrected chi connectivity index (χ3v) is 4.61. The molecule has 1 aromatic carbocycles. The summed E-state index contributed by atoms with van der Waals surface area (Å²) in [5.74, 6) is 5.99. The van der Waals surface area contributed by atoms with E-state index in [0.717, 1.165) is 17.2 Å². The van der Waals surface area contributed by atoms with Gasteiger partial charge >= 0.3 is 6.09 Å². The summed E-state index contributed by atoms with van der Waals surface area (Å²) in [6, 6.07) is 7.28. The smallest absolute Gasteiger partial charge is 0.410 e. The number of carbonyl (C=O) groups is 1. The number of ether oxygens (including phenoxy) is 1. The molecule has 1 aromatic heterocycles. The Balaban J connectivity index is 1.83. The van der Waals surface area contributed by atoms with E-state index in [2.05, 4.69) is 15.7 Å². The third-order valence-electron chi connectivity index (χ3n) is 4.38. The van der Waals surface area contributed by atoms with Gasteiger partial charge in [0.25, 0.3) is 0 Å². The second-order valence-electron chi connectivity index (χ2n) is 7.80. The molecular formula is C19H25ClN6O2. The van der Waals surface area contributed by atoms with E-state index in [0.29, 0.717) is 29.6 Å². The standard InChI is InChI=1S/C19H25ClN6O2/c1-19(2,3)28-18(27)26-7-6-13(10-26)23-17-14-9-12(20)5-4-11(14)8-15(24-17)16(21)25-22/h4-5,8-9,13H,6-7,10,22H2,1-3H3,(H2,21,25)(H,23,24)/t13-/m0/s1. The monoisotopic (exact) mass is 404 g/mol.